The van der Waals surface area contributed by atoms with Gasteiger partial charge in [0.25, 0.3) is 0 Å². The zero-order valence-electron chi connectivity index (χ0n) is 33.2. The van der Waals surface area contributed by atoms with Crippen molar-refractivity contribution in [2.75, 3.05) is 38.5 Å². The van der Waals surface area contributed by atoms with Crippen LogP contribution in [0.15, 0.2) is 60.8 Å². The van der Waals surface area contributed by atoms with E-state index in [0.29, 0.717) is 17.8 Å². The molecule has 0 fully saturated rings. The Morgan fingerprint density at radius 1 is 0.864 bits per heavy atom. The number of carboxylic acid groups (broad SMARTS) is 2. The first-order valence-corrected chi connectivity index (χ1v) is 19.9. The van der Waals surface area contributed by atoms with Crippen molar-refractivity contribution in [2.24, 2.45) is 16.9 Å². The number of nitrogens with one attached hydrogen (secondary N) is 3. The number of carbonyl (C=O) groups excluding carboxylic acids is 4. The number of amides is 4. The molecule has 10 N–H and O–H groups in total. The summed E-state index contributed by atoms with van der Waals surface area (Å²) in [6, 6.07) is 11.1. The maximum Gasteiger partial charge on any atom is 0.321 e. The van der Waals surface area contributed by atoms with E-state index in [-0.39, 0.29) is 50.3 Å². The molecule has 0 saturated heterocycles. The zero-order valence-corrected chi connectivity index (χ0v) is 34.0. The molecule has 2 aromatic carbocycles. The number of rotatable bonds is 23. The Bertz CT molecular complexity index is 1930. The maximum absolute atomic E-state index is 15.0. The highest BCUT2D eigenvalue weighted by molar-refractivity contribution is 8.00. The molecule has 0 bridgehead atoms. The Morgan fingerprint density at radius 2 is 1.53 bits per heavy atom. The highest BCUT2D eigenvalue weighted by atomic mass is 32.2. The second kappa shape index (κ2) is 22.7. The number of carboxylic acids is 2. The lowest BCUT2D eigenvalue weighted by Crippen LogP contribution is -2.48. The third-order valence-corrected chi connectivity index (χ3v) is 10.4. The van der Waals surface area contributed by atoms with Crippen LogP contribution in [0.3, 0.4) is 0 Å². The lowest BCUT2D eigenvalue weighted by molar-refractivity contribution is -0.140. The van der Waals surface area contributed by atoms with E-state index in [0.717, 1.165) is 35.5 Å². The van der Waals surface area contributed by atoms with Gasteiger partial charge < -0.3 is 52.2 Å². The third kappa shape index (κ3) is 15.1. The van der Waals surface area contributed by atoms with Crippen LogP contribution < -0.4 is 27.4 Å². The SMILES string of the molecule is CC(C)(C)[C@H](c1cc(-c2cc(F)ccc2F)cn1Cc1ccccc1)N(CC[C@H](N)C(=O)NCCC(=O)NCCNC(=O)CC(SC[C@H](N)C(=O)O)C(=O)O)C(=O)CO. The Morgan fingerprint density at radius 3 is 2.14 bits per heavy atom. The Hall–Kier alpha value is -5.37. The van der Waals surface area contributed by atoms with E-state index in [2.05, 4.69) is 16.0 Å². The molecule has 4 atom stereocenters. The van der Waals surface area contributed by atoms with E-state index in [1.807, 2.05) is 55.7 Å². The highest BCUT2D eigenvalue weighted by Crippen LogP contribution is 2.41. The highest BCUT2D eigenvalue weighted by Gasteiger charge is 2.37. The van der Waals surface area contributed by atoms with Gasteiger partial charge in [0, 0.05) is 74.3 Å². The molecule has 3 rings (SSSR count). The first-order chi connectivity index (χ1) is 27.8. The second-order valence-electron chi connectivity index (χ2n) is 14.9. The molecule has 0 aliphatic carbocycles. The molecule has 0 saturated carbocycles. The summed E-state index contributed by atoms with van der Waals surface area (Å²) in [5.74, 6) is -6.38. The minimum atomic E-state index is -1.30. The van der Waals surface area contributed by atoms with Crippen molar-refractivity contribution in [3.63, 3.8) is 0 Å². The van der Waals surface area contributed by atoms with Gasteiger partial charge in [-0.15, -0.1) is 11.8 Å². The van der Waals surface area contributed by atoms with Crippen LogP contribution in [0, 0.1) is 17.0 Å². The summed E-state index contributed by atoms with van der Waals surface area (Å²) in [4.78, 5) is 74.7. The summed E-state index contributed by atoms with van der Waals surface area (Å²) < 4.78 is 31.2. The number of aromatic nitrogens is 1. The smallest absolute Gasteiger partial charge is 0.321 e. The van der Waals surface area contributed by atoms with Crippen LogP contribution in [0.5, 0.6) is 0 Å². The van der Waals surface area contributed by atoms with Crippen molar-refractivity contribution in [1.82, 2.24) is 25.4 Å². The molecule has 0 spiro atoms. The molecule has 16 nitrogen and oxygen atoms in total. The van der Waals surface area contributed by atoms with Gasteiger partial charge in [-0.3, -0.25) is 28.8 Å². The third-order valence-electron chi connectivity index (χ3n) is 9.11. The molecule has 322 valence electrons. The predicted molar refractivity (Wildman–Crippen MR) is 217 cm³/mol. The molecule has 0 radical (unpaired) electrons. The zero-order chi connectivity index (χ0) is 43.9. The minimum Gasteiger partial charge on any atom is -0.480 e. The lowest BCUT2D eigenvalue weighted by atomic mass is 9.82. The van der Waals surface area contributed by atoms with E-state index in [4.69, 9.17) is 16.6 Å². The van der Waals surface area contributed by atoms with Gasteiger partial charge in [-0.1, -0.05) is 51.1 Å². The molecule has 4 amide bonds. The van der Waals surface area contributed by atoms with Crippen molar-refractivity contribution in [3.8, 4) is 11.1 Å². The second-order valence-corrected chi connectivity index (χ2v) is 16.1. The van der Waals surface area contributed by atoms with E-state index < -0.39 is 89.0 Å². The number of carbonyl (C=O) groups is 6. The van der Waals surface area contributed by atoms with Gasteiger partial charge in [0.15, 0.2) is 0 Å². The number of nitrogens with two attached hydrogens (primary N) is 2. The number of hydrogen-bond acceptors (Lipinski definition) is 10. The maximum atomic E-state index is 15.0. The van der Waals surface area contributed by atoms with Crippen LogP contribution in [0.4, 0.5) is 8.78 Å². The number of nitrogens with zero attached hydrogens (tertiary/aromatic N) is 2. The number of thioether (sulfide) groups is 1. The first kappa shape index (κ1) is 48.0. The quantitative estimate of drug-likeness (QED) is 0.0637. The largest absolute Gasteiger partial charge is 0.480 e. The molecule has 0 aliphatic heterocycles. The summed E-state index contributed by atoms with van der Waals surface area (Å²) >= 11 is 0.733. The van der Waals surface area contributed by atoms with Crippen molar-refractivity contribution in [1.29, 1.82) is 0 Å². The molecular formula is C40H53F2N7O9S. The first-order valence-electron chi connectivity index (χ1n) is 18.8. The Balaban J connectivity index is 1.61. The van der Waals surface area contributed by atoms with Gasteiger partial charge in [0.05, 0.1) is 12.1 Å². The molecule has 19 heteroatoms. The number of halogens is 2. The van der Waals surface area contributed by atoms with Gasteiger partial charge in [0.1, 0.15) is 29.5 Å². The van der Waals surface area contributed by atoms with Crippen LogP contribution >= 0.6 is 11.8 Å². The fraction of sp³-hybridized carbons (Fsp3) is 0.450. The molecule has 1 aromatic heterocycles. The van der Waals surface area contributed by atoms with E-state index in [1.165, 1.54) is 4.90 Å². The van der Waals surface area contributed by atoms with Crippen molar-refractivity contribution < 1.29 is 52.9 Å². The standard InChI is InChI=1S/C40H53F2N7O9S/c1-40(2,3)36(31-17-25(27-18-26(41)9-10-28(27)42)21-48(31)20-24-7-5-4-6-8-24)49(35(53)22-50)16-12-29(43)37(54)47-13-11-33(51)45-14-15-46-34(52)19-32(39(57)58)59-23-30(44)38(55)56/h4-10,17-18,21,29-30,32,36,50H,11-16,19-20,22-23,43-44H2,1-3H3,(H,45,51)(H,46,52)(H,47,54)(H,55,56)(H,57,58)/t29-,30-,32?,36-/m0/s1. The average Bonchev–Trinajstić information content (AvgIpc) is 3.58. The van der Waals surface area contributed by atoms with Crippen LogP contribution in [0.2, 0.25) is 0 Å². The average molecular weight is 846 g/mol. The van der Waals surface area contributed by atoms with Crippen molar-refractivity contribution in [2.45, 2.75) is 70.0 Å². The number of aliphatic carboxylic acids is 2. The number of hydrogen-bond donors (Lipinski definition) is 8. The fourth-order valence-electron chi connectivity index (χ4n) is 6.18. The predicted octanol–water partition coefficient (Wildman–Crippen LogP) is 1.83. The summed E-state index contributed by atoms with van der Waals surface area (Å²) in [7, 11) is 0. The number of aliphatic hydroxyl groups is 1. The van der Waals surface area contributed by atoms with E-state index in [1.54, 1.807) is 12.3 Å². The Kier molecular flexibility index (Phi) is 18.5. The topological polar surface area (TPSA) is 259 Å². The molecule has 0 aliphatic rings. The normalized spacial score (nSPS) is 13.4. The summed E-state index contributed by atoms with van der Waals surface area (Å²) in [6.07, 6.45) is 1.08. The fourth-order valence-corrected chi connectivity index (χ4v) is 7.18. The van der Waals surface area contributed by atoms with Gasteiger partial charge in [-0.25, -0.2) is 8.78 Å². The van der Waals surface area contributed by atoms with E-state index >= 15 is 4.39 Å². The number of aliphatic hydroxyl groups excluding tert-OH is 1. The van der Waals surface area contributed by atoms with Crippen LogP contribution in [-0.4, -0.2) is 116 Å². The van der Waals surface area contributed by atoms with Gasteiger partial charge in [-0.2, -0.15) is 0 Å². The monoisotopic (exact) mass is 845 g/mol. The van der Waals surface area contributed by atoms with Crippen LogP contribution in [0.1, 0.15) is 57.3 Å². The summed E-state index contributed by atoms with van der Waals surface area (Å²) in [6.45, 7) is 4.98. The van der Waals surface area contributed by atoms with Gasteiger partial charge in [-0.05, 0) is 41.7 Å². The Labute approximate surface area is 345 Å². The molecule has 59 heavy (non-hydrogen) atoms. The lowest BCUT2D eigenvalue weighted by Gasteiger charge is -2.41. The summed E-state index contributed by atoms with van der Waals surface area (Å²) in [5, 5.41) is 34.7. The molecule has 3 aromatic rings. The van der Waals surface area contributed by atoms with Gasteiger partial charge >= 0.3 is 11.9 Å². The van der Waals surface area contributed by atoms with Crippen molar-refractivity contribution in [3.05, 3.63) is 83.7 Å². The van der Waals surface area contributed by atoms with Crippen LogP contribution in [-0.2, 0) is 35.3 Å². The number of benzene rings is 2. The van der Waals surface area contributed by atoms with Gasteiger partial charge in [0.2, 0.25) is 23.6 Å². The molecular weight excluding hydrogens is 793 g/mol. The molecule has 1 unspecified atom stereocenters. The van der Waals surface area contributed by atoms with Crippen molar-refractivity contribution >= 4 is 47.3 Å². The minimum absolute atomic E-state index is 0.00384. The molecule has 1 heterocycles. The van der Waals surface area contributed by atoms with E-state index in [9.17, 15) is 43.4 Å². The van der Waals surface area contributed by atoms with Crippen LogP contribution in [0.25, 0.3) is 11.1 Å². The summed E-state index contributed by atoms with van der Waals surface area (Å²) in [5.41, 5.74) is 12.8.